The van der Waals surface area contributed by atoms with E-state index in [0.717, 1.165) is 37.2 Å². The number of benzene rings is 1. The summed E-state index contributed by atoms with van der Waals surface area (Å²) < 4.78 is 26.0. The van der Waals surface area contributed by atoms with E-state index >= 15 is 0 Å². The Balaban J connectivity index is 1.55. The van der Waals surface area contributed by atoms with Gasteiger partial charge in [0.1, 0.15) is 0 Å². The summed E-state index contributed by atoms with van der Waals surface area (Å²) in [5.74, 6) is -0.291. The normalized spacial score (nSPS) is 24.5. The van der Waals surface area contributed by atoms with E-state index < -0.39 is 15.9 Å². The summed E-state index contributed by atoms with van der Waals surface area (Å²) in [4.78, 5) is 15.1. The maximum atomic E-state index is 12.9. The van der Waals surface area contributed by atoms with Crippen LogP contribution in [0.2, 0.25) is 0 Å². The fourth-order valence-corrected chi connectivity index (χ4v) is 6.13. The first-order valence-electron chi connectivity index (χ1n) is 9.59. The number of carbonyl (C=O) groups excluding carboxylic acids is 1. The maximum absolute atomic E-state index is 12.9. The van der Waals surface area contributed by atoms with E-state index in [2.05, 4.69) is 20.5 Å². The van der Waals surface area contributed by atoms with Crippen LogP contribution in [0.15, 0.2) is 24.3 Å². The Kier molecular flexibility index (Phi) is 4.96. The molecule has 1 amide bonds. The molecule has 3 heterocycles. The van der Waals surface area contributed by atoms with Gasteiger partial charge in [0.2, 0.25) is 0 Å². The smallest absolute Gasteiger partial charge is 0.274 e. The van der Waals surface area contributed by atoms with Crippen LogP contribution in [0.25, 0.3) is 5.69 Å². The molecule has 2 aliphatic rings. The van der Waals surface area contributed by atoms with Gasteiger partial charge in [0.15, 0.2) is 15.5 Å². The molecule has 0 radical (unpaired) electrons. The van der Waals surface area contributed by atoms with Crippen molar-refractivity contribution in [2.75, 3.05) is 24.6 Å². The van der Waals surface area contributed by atoms with Crippen LogP contribution < -0.4 is 5.32 Å². The Morgan fingerprint density at radius 3 is 2.64 bits per heavy atom. The second kappa shape index (κ2) is 7.29. The monoisotopic (exact) mass is 403 g/mol. The van der Waals surface area contributed by atoms with Gasteiger partial charge in [-0.1, -0.05) is 17.3 Å². The third-order valence-electron chi connectivity index (χ3n) is 5.60. The Labute approximate surface area is 164 Å². The quantitative estimate of drug-likeness (QED) is 0.814. The number of sulfone groups is 1. The summed E-state index contributed by atoms with van der Waals surface area (Å²) in [7, 11) is -3.16. The predicted octanol–water partition coefficient (Wildman–Crippen LogP) is 0.875. The number of nitrogens with one attached hydrogen (secondary N) is 1. The summed E-state index contributed by atoms with van der Waals surface area (Å²) in [6, 6.07) is 7.21. The Morgan fingerprint density at radius 2 is 1.93 bits per heavy atom. The van der Waals surface area contributed by atoms with Crippen molar-refractivity contribution in [2.45, 2.75) is 38.8 Å². The van der Waals surface area contributed by atoms with Crippen LogP contribution in [-0.4, -0.2) is 70.9 Å². The molecule has 9 heteroatoms. The number of nitrogens with zero attached hydrogens (tertiary/aromatic N) is 4. The van der Waals surface area contributed by atoms with Gasteiger partial charge in [-0.3, -0.25) is 9.69 Å². The highest BCUT2D eigenvalue weighted by molar-refractivity contribution is 7.91. The van der Waals surface area contributed by atoms with Crippen molar-refractivity contribution >= 4 is 15.7 Å². The first kappa shape index (κ1) is 19.1. The maximum Gasteiger partial charge on any atom is 0.274 e. The largest absolute Gasteiger partial charge is 0.345 e. The highest BCUT2D eigenvalue weighted by Gasteiger charge is 2.42. The van der Waals surface area contributed by atoms with Gasteiger partial charge >= 0.3 is 0 Å². The molecule has 8 nitrogen and oxygen atoms in total. The number of rotatable bonds is 4. The molecule has 1 N–H and O–H groups in total. The average molecular weight is 404 g/mol. The first-order valence-corrected chi connectivity index (χ1v) is 11.4. The number of carbonyl (C=O) groups is 1. The van der Waals surface area contributed by atoms with Crippen molar-refractivity contribution in [3.63, 3.8) is 0 Å². The molecule has 2 fully saturated rings. The molecule has 2 aliphatic heterocycles. The van der Waals surface area contributed by atoms with Crippen LogP contribution in [0.5, 0.6) is 0 Å². The molecule has 0 aliphatic carbocycles. The molecule has 1 aromatic carbocycles. The van der Waals surface area contributed by atoms with Gasteiger partial charge in [-0.25, -0.2) is 13.1 Å². The van der Waals surface area contributed by atoms with E-state index in [-0.39, 0.29) is 29.1 Å². The lowest BCUT2D eigenvalue weighted by Crippen LogP contribution is -2.50. The van der Waals surface area contributed by atoms with E-state index in [4.69, 9.17) is 0 Å². The minimum absolute atomic E-state index is 0.0228. The fraction of sp³-hybridized carbons (Fsp3) is 0.526. The van der Waals surface area contributed by atoms with Crippen molar-refractivity contribution in [3.8, 4) is 5.69 Å². The molecule has 2 atom stereocenters. The van der Waals surface area contributed by atoms with E-state index in [1.165, 1.54) is 0 Å². The van der Waals surface area contributed by atoms with Crippen molar-refractivity contribution in [3.05, 3.63) is 41.2 Å². The lowest BCUT2D eigenvalue weighted by molar-refractivity contribution is 0.0913. The molecular weight excluding hydrogens is 378 g/mol. The van der Waals surface area contributed by atoms with Crippen LogP contribution in [0.4, 0.5) is 0 Å². The Bertz CT molecular complexity index is 995. The van der Waals surface area contributed by atoms with Gasteiger partial charge in [-0.15, -0.1) is 5.10 Å². The molecule has 2 saturated heterocycles. The summed E-state index contributed by atoms with van der Waals surface area (Å²) >= 11 is 0. The van der Waals surface area contributed by atoms with Crippen LogP contribution in [0.1, 0.15) is 34.6 Å². The molecule has 1 aromatic heterocycles. The summed E-state index contributed by atoms with van der Waals surface area (Å²) in [6.45, 7) is 5.55. The second-order valence-electron chi connectivity index (χ2n) is 7.74. The lowest BCUT2D eigenvalue weighted by Gasteiger charge is -2.28. The fourth-order valence-electron chi connectivity index (χ4n) is 4.18. The van der Waals surface area contributed by atoms with Crippen LogP contribution in [0, 0.1) is 13.8 Å². The van der Waals surface area contributed by atoms with Crippen molar-refractivity contribution in [2.24, 2.45) is 0 Å². The summed E-state index contributed by atoms with van der Waals surface area (Å²) in [5, 5.41) is 11.1. The molecule has 0 saturated carbocycles. The van der Waals surface area contributed by atoms with Crippen LogP contribution in [0.3, 0.4) is 0 Å². The minimum Gasteiger partial charge on any atom is -0.345 e. The zero-order chi connectivity index (χ0) is 19.9. The van der Waals surface area contributed by atoms with Gasteiger partial charge in [-0.2, -0.15) is 0 Å². The highest BCUT2D eigenvalue weighted by Crippen LogP contribution is 2.23. The van der Waals surface area contributed by atoms with Gasteiger partial charge in [-0.05, 0) is 57.5 Å². The third kappa shape index (κ3) is 3.68. The van der Waals surface area contributed by atoms with Crippen molar-refractivity contribution in [1.82, 2.24) is 25.2 Å². The number of aromatic nitrogens is 3. The van der Waals surface area contributed by atoms with Gasteiger partial charge < -0.3 is 5.32 Å². The van der Waals surface area contributed by atoms with Crippen LogP contribution >= 0.6 is 0 Å². The topological polar surface area (TPSA) is 97.2 Å². The zero-order valence-electron chi connectivity index (χ0n) is 16.1. The van der Waals surface area contributed by atoms with Crippen molar-refractivity contribution < 1.29 is 13.2 Å². The molecule has 2 aromatic rings. The third-order valence-corrected chi connectivity index (χ3v) is 7.32. The number of hydrogen-bond acceptors (Lipinski definition) is 6. The van der Waals surface area contributed by atoms with Crippen LogP contribution in [-0.2, 0) is 9.84 Å². The number of likely N-dealkylation sites (tertiary alicyclic amines) is 1. The van der Waals surface area contributed by atoms with Crippen molar-refractivity contribution in [1.29, 1.82) is 0 Å². The van der Waals surface area contributed by atoms with Gasteiger partial charge in [0, 0.05) is 6.04 Å². The van der Waals surface area contributed by atoms with Gasteiger partial charge in [0.25, 0.3) is 5.91 Å². The molecule has 2 unspecified atom stereocenters. The lowest BCUT2D eigenvalue weighted by atomic mass is 10.1. The average Bonchev–Trinajstić information content (AvgIpc) is 3.34. The standard InChI is InChI=1S/C19H25N5O3S/c1-13-6-5-7-15(10-13)24-14(2)18(21-22-24)19(25)20-16-11-28(26,27)12-17(16)23-8-3-4-9-23/h5-7,10,16-17H,3-4,8-9,11-12H2,1-2H3,(H,20,25). The molecule has 0 spiro atoms. The SMILES string of the molecule is Cc1cccc(-n2nnc(C(=O)NC3CS(=O)(=O)CC3N3CCCC3)c2C)c1. The first-order chi connectivity index (χ1) is 13.3. The Morgan fingerprint density at radius 1 is 1.18 bits per heavy atom. The molecular formula is C19H25N5O3S. The van der Waals surface area contributed by atoms with E-state index in [0.29, 0.717) is 5.69 Å². The molecule has 4 rings (SSSR count). The number of aryl methyl sites for hydroxylation is 1. The molecule has 0 bridgehead atoms. The highest BCUT2D eigenvalue weighted by atomic mass is 32.2. The minimum atomic E-state index is -3.16. The Hall–Kier alpha value is -2.26. The molecule has 150 valence electrons. The summed E-state index contributed by atoms with van der Waals surface area (Å²) in [5.41, 5.74) is 2.78. The predicted molar refractivity (Wildman–Crippen MR) is 105 cm³/mol. The van der Waals surface area contributed by atoms with E-state index in [1.54, 1.807) is 11.6 Å². The van der Waals surface area contributed by atoms with Gasteiger partial charge in [0.05, 0.1) is 28.9 Å². The second-order valence-corrected chi connectivity index (χ2v) is 9.90. The molecule has 28 heavy (non-hydrogen) atoms. The summed E-state index contributed by atoms with van der Waals surface area (Å²) in [6.07, 6.45) is 2.14. The number of amides is 1. The number of hydrogen-bond donors (Lipinski definition) is 1. The van der Waals surface area contributed by atoms with E-state index in [1.807, 2.05) is 31.2 Å². The van der Waals surface area contributed by atoms with E-state index in [9.17, 15) is 13.2 Å². The zero-order valence-corrected chi connectivity index (χ0v) is 16.9.